The summed E-state index contributed by atoms with van der Waals surface area (Å²) in [4.78, 5) is 2.15. The van der Waals surface area contributed by atoms with Gasteiger partial charge in [0.2, 0.25) is 0 Å². The number of nitrogens with zero attached hydrogens (tertiary/aromatic N) is 3. The summed E-state index contributed by atoms with van der Waals surface area (Å²) in [7, 11) is 4.01. The summed E-state index contributed by atoms with van der Waals surface area (Å²) in [5.74, 6) is 0. The van der Waals surface area contributed by atoms with E-state index in [0.717, 1.165) is 23.4 Å². The van der Waals surface area contributed by atoms with E-state index in [4.69, 9.17) is 0 Å². The lowest BCUT2D eigenvalue weighted by Gasteiger charge is -2.22. The van der Waals surface area contributed by atoms with Crippen LogP contribution >= 0.6 is 0 Å². The molecular weight excluding hydrogens is 274 g/mol. The molecule has 0 aliphatic rings. The summed E-state index contributed by atoms with van der Waals surface area (Å²) in [6.07, 6.45) is -0.470. The maximum Gasteiger partial charge on any atom is 0.0919 e. The van der Waals surface area contributed by atoms with Gasteiger partial charge in [0.05, 0.1) is 11.8 Å². The summed E-state index contributed by atoms with van der Waals surface area (Å²) in [5, 5.41) is 15.0. The van der Waals surface area contributed by atoms with Crippen LogP contribution < -0.4 is 0 Å². The second-order valence-electron chi connectivity index (χ2n) is 6.35. The fraction of sp³-hybridized carbons (Fsp3) is 0.500. The van der Waals surface area contributed by atoms with Gasteiger partial charge in [-0.05, 0) is 45.9 Å². The Morgan fingerprint density at radius 2 is 1.91 bits per heavy atom. The third-order valence-electron chi connectivity index (χ3n) is 4.36. The van der Waals surface area contributed by atoms with E-state index in [9.17, 15) is 5.11 Å². The smallest absolute Gasteiger partial charge is 0.0919 e. The largest absolute Gasteiger partial charge is 0.387 e. The molecule has 1 aromatic carbocycles. The first kappa shape index (κ1) is 16.7. The Labute approximate surface area is 133 Å². The molecule has 1 unspecified atom stereocenters. The van der Waals surface area contributed by atoms with Crippen molar-refractivity contribution in [2.24, 2.45) is 7.05 Å². The van der Waals surface area contributed by atoms with E-state index in [1.54, 1.807) is 0 Å². The molecule has 0 spiro atoms. The predicted molar refractivity (Wildman–Crippen MR) is 89.9 cm³/mol. The second-order valence-corrected chi connectivity index (χ2v) is 6.35. The maximum atomic E-state index is 10.5. The number of benzene rings is 1. The highest BCUT2D eigenvalue weighted by atomic mass is 16.3. The first-order chi connectivity index (χ1) is 10.3. The molecule has 4 heteroatoms. The molecule has 2 aromatic rings. The van der Waals surface area contributed by atoms with E-state index >= 15 is 0 Å². The average Bonchev–Trinajstić information content (AvgIpc) is 2.65. The van der Waals surface area contributed by atoms with Gasteiger partial charge in [-0.1, -0.05) is 23.8 Å². The molecule has 1 N–H and O–H groups in total. The topological polar surface area (TPSA) is 41.3 Å². The number of aryl methyl sites for hydroxylation is 4. The number of hydrogen-bond donors (Lipinski definition) is 1. The van der Waals surface area contributed by atoms with Gasteiger partial charge in [-0.25, -0.2) is 0 Å². The fourth-order valence-corrected chi connectivity index (χ4v) is 2.97. The van der Waals surface area contributed by atoms with Crippen LogP contribution in [0.15, 0.2) is 18.2 Å². The van der Waals surface area contributed by atoms with Crippen LogP contribution in [0.25, 0.3) is 0 Å². The molecule has 0 amide bonds. The van der Waals surface area contributed by atoms with Gasteiger partial charge in [0, 0.05) is 31.4 Å². The number of aromatic nitrogens is 2. The summed E-state index contributed by atoms with van der Waals surface area (Å²) >= 11 is 0. The van der Waals surface area contributed by atoms with Crippen molar-refractivity contribution in [2.75, 3.05) is 13.6 Å². The van der Waals surface area contributed by atoms with Crippen molar-refractivity contribution in [1.82, 2.24) is 14.7 Å². The monoisotopic (exact) mass is 301 g/mol. The van der Waals surface area contributed by atoms with E-state index in [2.05, 4.69) is 42.9 Å². The predicted octanol–water partition coefficient (Wildman–Crippen LogP) is 2.82. The molecule has 0 aliphatic carbocycles. The molecule has 0 bridgehead atoms. The van der Waals surface area contributed by atoms with Crippen molar-refractivity contribution >= 4 is 0 Å². The summed E-state index contributed by atoms with van der Waals surface area (Å²) in [6.45, 7) is 9.66. The minimum absolute atomic E-state index is 0.470. The molecule has 4 nitrogen and oxygen atoms in total. The molecule has 0 aliphatic heterocycles. The van der Waals surface area contributed by atoms with Crippen molar-refractivity contribution in [1.29, 1.82) is 0 Å². The van der Waals surface area contributed by atoms with Gasteiger partial charge in [-0.3, -0.25) is 9.58 Å². The van der Waals surface area contributed by atoms with Crippen molar-refractivity contribution < 1.29 is 5.11 Å². The molecule has 0 saturated carbocycles. The molecule has 22 heavy (non-hydrogen) atoms. The van der Waals surface area contributed by atoms with Crippen molar-refractivity contribution in [2.45, 2.75) is 40.3 Å². The molecular formula is C18H27N3O. The molecule has 1 atom stereocenters. The zero-order valence-corrected chi connectivity index (χ0v) is 14.5. The summed E-state index contributed by atoms with van der Waals surface area (Å²) in [6, 6.07) is 6.21. The van der Waals surface area contributed by atoms with Crippen LogP contribution in [0.5, 0.6) is 0 Å². The Morgan fingerprint density at radius 1 is 1.23 bits per heavy atom. The lowest BCUT2D eigenvalue weighted by molar-refractivity contribution is 0.123. The second kappa shape index (κ2) is 6.63. The minimum Gasteiger partial charge on any atom is -0.387 e. The highest BCUT2D eigenvalue weighted by molar-refractivity contribution is 5.32. The van der Waals surface area contributed by atoms with E-state index in [1.165, 1.54) is 16.8 Å². The molecule has 0 radical (unpaired) electrons. The third-order valence-corrected chi connectivity index (χ3v) is 4.36. The highest BCUT2D eigenvalue weighted by Gasteiger charge is 2.16. The SMILES string of the molecule is Cc1ccc(C(O)CN(C)Cc2c(C)nn(C)c2C)c(C)c1. The number of hydrogen-bond acceptors (Lipinski definition) is 3. The van der Waals surface area contributed by atoms with Gasteiger partial charge in [0.25, 0.3) is 0 Å². The van der Waals surface area contributed by atoms with Gasteiger partial charge < -0.3 is 5.11 Å². The molecule has 0 saturated heterocycles. The van der Waals surface area contributed by atoms with Crippen molar-refractivity contribution in [3.05, 3.63) is 51.8 Å². The van der Waals surface area contributed by atoms with Gasteiger partial charge in [0.1, 0.15) is 0 Å². The Bertz CT molecular complexity index is 661. The van der Waals surface area contributed by atoms with Crippen LogP contribution in [-0.4, -0.2) is 33.4 Å². The van der Waals surface area contributed by atoms with E-state index in [-0.39, 0.29) is 0 Å². The highest BCUT2D eigenvalue weighted by Crippen LogP contribution is 2.21. The van der Waals surface area contributed by atoms with Crippen LogP contribution in [0.1, 0.15) is 39.7 Å². The average molecular weight is 301 g/mol. The third kappa shape index (κ3) is 3.57. The van der Waals surface area contributed by atoms with Crippen LogP contribution in [-0.2, 0) is 13.6 Å². The minimum atomic E-state index is -0.470. The zero-order valence-electron chi connectivity index (χ0n) is 14.5. The van der Waals surface area contributed by atoms with E-state index in [1.807, 2.05) is 31.8 Å². The normalized spacial score (nSPS) is 12.9. The number of likely N-dealkylation sites (N-methyl/N-ethyl adjacent to an activating group) is 1. The fourth-order valence-electron chi connectivity index (χ4n) is 2.97. The van der Waals surface area contributed by atoms with E-state index in [0.29, 0.717) is 6.54 Å². The maximum absolute atomic E-state index is 10.5. The lowest BCUT2D eigenvalue weighted by Crippen LogP contribution is -2.25. The first-order valence-electron chi connectivity index (χ1n) is 7.72. The van der Waals surface area contributed by atoms with Crippen molar-refractivity contribution in [3.63, 3.8) is 0 Å². The van der Waals surface area contributed by atoms with E-state index < -0.39 is 6.10 Å². The van der Waals surface area contributed by atoms with Crippen molar-refractivity contribution in [3.8, 4) is 0 Å². The number of aliphatic hydroxyl groups excluding tert-OH is 1. The van der Waals surface area contributed by atoms with Crippen LogP contribution in [0.2, 0.25) is 0 Å². The van der Waals surface area contributed by atoms with Gasteiger partial charge in [0.15, 0.2) is 0 Å². The Hall–Kier alpha value is -1.65. The number of aliphatic hydroxyl groups is 1. The van der Waals surface area contributed by atoms with Gasteiger partial charge >= 0.3 is 0 Å². The quantitative estimate of drug-likeness (QED) is 0.923. The van der Waals surface area contributed by atoms with Crippen LogP contribution in [0.4, 0.5) is 0 Å². The van der Waals surface area contributed by atoms with Gasteiger partial charge in [-0.2, -0.15) is 5.10 Å². The Morgan fingerprint density at radius 3 is 2.45 bits per heavy atom. The molecule has 120 valence electrons. The van der Waals surface area contributed by atoms with Crippen LogP contribution in [0, 0.1) is 27.7 Å². The molecule has 2 rings (SSSR count). The zero-order chi connectivity index (χ0) is 16.4. The molecule has 1 aromatic heterocycles. The Kier molecular flexibility index (Phi) is 5.04. The lowest BCUT2D eigenvalue weighted by atomic mass is 10.0. The Balaban J connectivity index is 2.06. The molecule has 0 fully saturated rings. The van der Waals surface area contributed by atoms with Gasteiger partial charge in [-0.15, -0.1) is 0 Å². The number of rotatable bonds is 5. The van der Waals surface area contributed by atoms with Crippen LogP contribution in [0.3, 0.4) is 0 Å². The first-order valence-corrected chi connectivity index (χ1v) is 7.72. The summed E-state index contributed by atoms with van der Waals surface area (Å²) in [5.41, 5.74) is 6.88. The summed E-state index contributed by atoms with van der Waals surface area (Å²) < 4.78 is 1.92. The molecule has 1 heterocycles. The standard InChI is InChI=1S/C18H27N3O/c1-12-7-8-16(13(2)9-12)18(22)11-20(5)10-17-14(3)19-21(6)15(17)4/h7-9,18,22H,10-11H2,1-6H3.